The van der Waals surface area contributed by atoms with E-state index >= 15 is 0 Å². The number of H-pyrrole nitrogens is 1. The van der Waals surface area contributed by atoms with Gasteiger partial charge in [0, 0.05) is 5.56 Å². The lowest BCUT2D eigenvalue weighted by Crippen LogP contribution is -2.19. The van der Waals surface area contributed by atoms with Gasteiger partial charge in [0.25, 0.3) is 5.91 Å². The lowest BCUT2D eigenvalue weighted by molar-refractivity contribution is 0.0950. The second-order valence-corrected chi connectivity index (χ2v) is 7.18. The molecule has 150 valence electrons. The number of rotatable bonds is 9. The van der Waals surface area contributed by atoms with E-state index < -0.39 is 0 Å². The van der Waals surface area contributed by atoms with Crippen molar-refractivity contribution in [3.63, 3.8) is 0 Å². The Kier molecular flexibility index (Phi) is 7.34. The van der Waals surface area contributed by atoms with E-state index in [1.165, 1.54) is 31.2 Å². The van der Waals surface area contributed by atoms with Crippen LogP contribution in [0.15, 0.2) is 65.8 Å². The first kappa shape index (κ1) is 20.5. The van der Waals surface area contributed by atoms with Gasteiger partial charge in [-0.2, -0.15) is 10.2 Å². The zero-order valence-electron chi connectivity index (χ0n) is 17.1. The number of aryl methyl sites for hydroxylation is 1. The van der Waals surface area contributed by atoms with Crippen molar-refractivity contribution in [3.05, 3.63) is 77.5 Å². The summed E-state index contributed by atoms with van der Waals surface area (Å²) in [6, 6.07) is 19.9. The van der Waals surface area contributed by atoms with Gasteiger partial charge in [0.15, 0.2) is 0 Å². The number of amides is 1. The van der Waals surface area contributed by atoms with Crippen LogP contribution in [0.5, 0.6) is 0 Å². The highest BCUT2D eigenvalue weighted by molar-refractivity contribution is 6.00. The molecule has 2 aromatic carbocycles. The first-order chi connectivity index (χ1) is 14.2. The highest BCUT2D eigenvalue weighted by Crippen LogP contribution is 2.17. The van der Waals surface area contributed by atoms with Crippen LogP contribution in [-0.2, 0) is 6.42 Å². The van der Waals surface area contributed by atoms with E-state index in [0.29, 0.717) is 5.69 Å². The Morgan fingerprint density at radius 1 is 1.03 bits per heavy atom. The predicted octanol–water partition coefficient (Wildman–Crippen LogP) is 5.35. The first-order valence-corrected chi connectivity index (χ1v) is 10.2. The molecule has 0 aliphatic carbocycles. The maximum absolute atomic E-state index is 12.4. The van der Waals surface area contributed by atoms with E-state index in [0.717, 1.165) is 29.0 Å². The number of unbranched alkanes of at least 4 members (excludes halogenated alkanes) is 3. The summed E-state index contributed by atoms with van der Waals surface area (Å²) in [5.41, 5.74) is 7.76. The fourth-order valence-corrected chi connectivity index (χ4v) is 3.12. The Morgan fingerprint density at radius 3 is 2.52 bits per heavy atom. The molecule has 5 nitrogen and oxygen atoms in total. The van der Waals surface area contributed by atoms with Crippen LogP contribution in [0.4, 0.5) is 0 Å². The zero-order valence-corrected chi connectivity index (χ0v) is 17.1. The molecule has 0 atom stereocenters. The molecule has 0 unspecified atom stereocenters. The third-order valence-corrected chi connectivity index (χ3v) is 4.91. The number of aromatic amines is 1. The summed E-state index contributed by atoms with van der Waals surface area (Å²) in [6.07, 6.45) is 6.17. The van der Waals surface area contributed by atoms with Gasteiger partial charge in [-0.1, -0.05) is 80.8 Å². The van der Waals surface area contributed by atoms with Gasteiger partial charge in [-0.25, -0.2) is 5.43 Å². The van der Waals surface area contributed by atoms with Gasteiger partial charge >= 0.3 is 0 Å². The Balaban J connectivity index is 1.56. The summed E-state index contributed by atoms with van der Waals surface area (Å²) in [6.45, 7) is 4.11. The molecule has 0 radical (unpaired) electrons. The normalized spacial score (nSPS) is 11.4. The molecule has 3 rings (SSSR count). The molecule has 5 heteroatoms. The number of hydrogen-bond acceptors (Lipinski definition) is 3. The molecule has 0 spiro atoms. The molecule has 0 saturated heterocycles. The van der Waals surface area contributed by atoms with Gasteiger partial charge in [0.05, 0.1) is 11.4 Å². The molecular weight excluding hydrogens is 360 g/mol. The van der Waals surface area contributed by atoms with E-state index in [1.54, 1.807) is 6.07 Å². The standard InChI is InChI=1S/C24H28N4O/c1-3-4-5-7-10-19-13-15-20(16-14-19)18(2)25-28-24(29)23-17-22(26-27-23)21-11-8-6-9-12-21/h6,8-9,11-17H,3-5,7,10H2,1-2H3,(H,26,27)(H,28,29). The molecule has 0 saturated carbocycles. The van der Waals surface area contributed by atoms with Crippen molar-refractivity contribution in [1.29, 1.82) is 0 Å². The predicted molar refractivity (Wildman–Crippen MR) is 118 cm³/mol. The van der Waals surface area contributed by atoms with Gasteiger partial charge in [0.1, 0.15) is 5.69 Å². The number of nitrogens with zero attached hydrogens (tertiary/aromatic N) is 2. The summed E-state index contributed by atoms with van der Waals surface area (Å²) in [7, 11) is 0. The molecule has 1 aromatic heterocycles. The van der Waals surface area contributed by atoms with Crippen LogP contribution in [0.3, 0.4) is 0 Å². The van der Waals surface area contributed by atoms with E-state index in [9.17, 15) is 4.79 Å². The third kappa shape index (κ3) is 5.88. The van der Waals surface area contributed by atoms with Crippen molar-refractivity contribution in [2.75, 3.05) is 0 Å². The van der Waals surface area contributed by atoms with Gasteiger partial charge in [0.2, 0.25) is 0 Å². The monoisotopic (exact) mass is 388 g/mol. The van der Waals surface area contributed by atoms with Crippen molar-refractivity contribution in [2.45, 2.75) is 46.0 Å². The number of hydrogen-bond donors (Lipinski definition) is 2. The highest BCUT2D eigenvalue weighted by atomic mass is 16.2. The maximum atomic E-state index is 12.4. The Hall–Kier alpha value is -3.21. The Bertz CT molecular complexity index is 943. The van der Waals surface area contributed by atoms with E-state index in [4.69, 9.17) is 0 Å². The van der Waals surface area contributed by atoms with Crippen LogP contribution in [-0.4, -0.2) is 21.8 Å². The molecule has 0 aliphatic heterocycles. The fraction of sp³-hybridized carbons (Fsp3) is 0.292. The van der Waals surface area contributed by atoms with Crippen LogP contribution in [0.1, 0.15) is 61.1 Å². The molecule has 29 heavy (non-hydrogen) atoms. The van der Waals surface area contributed by atoms with Crippen molar-refractivity contribution in [3.8, 4) is 11.3 Å². The van der Waals surface area contributed by atoms with E-state index in [1.807, 2.05) is 37.3 Å². The van der Waals surface area contributed by atoms with Gasteiger partial charge in [-0.3, -0.25) is 9.89 Å². The summed E-state index contributed by atoms with van der Waals surface area (Å²) < 4.78 is 0. The number of carbonyl (C=O) groups excluding carboxylic acids is 1. The molecule has 0 fully saturated rings. The van der Waals surface area contributed by atoms with Gasteiger partial charge in [-0.05, 0) is 37.0 Å². The molecule has 2 N–H and O–H groups in total. The quantitative estimate of drug-likeness (QED) is 0.294. The number of carbonyl (C=O) groups is 1. The smallest absolute Gasteiger partial charge is 0.272 e. The number of hydrazone groups is 1. The van der Waals surface area contributed by atoms with Crippen molar-refractivity contribution < 1.29 is 4.79 Å². The van der Waals surface area contributed by atoms with Crippen LogP contribution in [0, 0.1) is 0 Å². The van der Waals surface area contributed by atoms with Crippen molar-refractivity contribution in [2.24, 2.45) is 5.10 Å². The second kappa shape index (κ2) is 10.4. The van der Waals surface area contributed by atoms with Gasteiger partial charge < -0.3 is 0 Å². The van der Waals surface area contributed by atoms with Crippen LogP contribution < -0.4 is 5.43 Å². The molecule has 3 aromatic rings. The van der Waals surface area contributed by atoms with Crippen molar-refractivity contribution >= 4 is 11.6 Å². The SMILES string of the molecule is CCCCCCc1ccc(C(C)=NNC(=O)c2cc(-c3ccccc3)n[nH]2)cc1. The summed E-state index contributed by atoms with van der Waals surface area (Å²) in [5, 5.41) is 11.2. The topological polar surface area (TPSA) is 70.1 Å². The van der Waals surface area contributed by atoms with Crippen molar-refractivity contribution in [1.82, 2.24) is 15.6 Å². The van der Waals surface area contributed by atoms with Gasteiger partial charge in [-0.15, -0.1) is 0 Å². The summed E-state index contributed by atoms with van der Waals surface area (Å²) in [4.78, 5) is 12.4. The number of aromatic nitrogens is 2. The van der Waals surface area contributed by atoms with Crippen LogP contribution in [0.2, 0.25) is 0 Å². The molecule has 1 amide bonds. The number of benzene rings is 2. The highest BCUT2D eigenvalue weighted by Gasteiger charge is 2.10. The Morgan fingerprint density at radius 2 is 1.79 bits per heavy atom. The first-order valence-electron chi connectivity index (χ1n) is 10.2. The molecule has 1 heterocycles. The minimum Gasteiger partial charge on any atom is -0.272 e. The average molecular weight is 389 g/mol. The van der Waals surface area contributed by atoms with Crippen LogP contribution >= 0.6 is 0 Å². The zero-order chi connectivity index (χ0) is 20.5. The molecule has 0 bridgehead atoms. The second-order valence-electron chi connectivity index (χ2n) is 7.18. The fourth-order valence-electron chi connectivity index (χ4n) is 3.12. The average Bonchev–Trinajstić information content (AvgIpc) is 3.26. The summed E-state index contributed by atoms with van der Waals surface area (Å²) in [5.74, 6) is -0.313. The lowest BCUT2D eigenvalue weighted by atomic mass is 10.0. The lowest BCUT2D eigenvalue weighted by Gasteiger charge is -2.05. The minimum atomic E-state index is -0.313. The van der Waals surface area contributed by atoms with E-state index in [2.05, 4.69) is 51.9 Å². The minimum absolute atomic E-state index is 0.313. The summed E-state index contributed by atoms with van der Waals surface area (Å²) >= 11 is 0. The molecular formula is C24H28N4O. The largest absolute Gasteiger partial charge is 0.289 e. The van der Waals surface area contributed by atoms with E-state index in [-0.39, 0.29) is 5.91 Å². The van der Waals surface area contributed by atoms with Crippen LogP contribution in [0.25, 0.3) is 11.3 Å². The third-order valence-electron chi connectivity index (χ3n) is 4.91. The number of nitrogens with one attached hydrogen (secondary N) is 2. The molecule has 0 aliphatic rings. The Labute approximate surface area is 172 Å². The maximum Gasteiger partial charge on any atom is 0.289 e.